The summed E-state index contributed by atoms with van der Waals surface area (Å²) in [6, 6.07) is 5.63. The van der Waals surface area contributed by atoms with Gasteiger partial charge < -0.3 is 14.7 Å². The molecular weight excluding hydrogens is 270 g/mol. The lowest BCUT2D eigenvalue weighted by Crippen LogP contribution is -2.54. The van der Waals surface area contributed by atoms with E-state index >= 15 is 0 Å². The normalized spacial score (nSPS) is 11.1. The van der Waals surface area contributed by atoms with Gasteiger partial charge in [-0.3, -0.25) is 4.79 Å². The molecule has 0 saturated heterocycles. The average Bonchev–Trinajstić information content (AvgIpc) is 2.40. The van der Waals surface area contributed by atoms with E-state index in [1.807, 2.05) is 26.0 Å². The van der Waals surface area contributed by atoms with Crippen LogP contribution < -0.4 is 4.74 Å². The molecule has 0 spiro atoms. The summed E-state index contributed by atoms with van der Waals surface area (Å²) in [6.07, 6.45) is 0. The van der Waals surface area contributed by atoms with Crippen LogP contribution in [-0.2, 0) is 9.59 Å². The number of rotatable bonds is 6. The lowest BCUT2D eigenvalue weighted by atomic mass is 10.0. The van der Waals surface area contributed by atoms with Gasteiger partial charge in [-0.1, -0.05) is 12.1 Å². The molecule has 1 aromatic carbocycles. The fraction of sp³-hybridized carbons (Fsp3) is 0.500. The molecule has 0 radical (unpaired) electrons. The zero-order valence-corrected chi connectivity index (χ0v) is 13.3. The highest BCUT2D eigenvalue weighted by Gasteiger charge is 2.36. The van der Waals surface area contributed by atoms with Gasteiger partial charge in [-0.25, -0.2) is 4.79 Å². The Hall–Kier alpha value is -2.04. The first kappa shape index (κ1) is 17.0. The zero-order chi connectivity index (χ0) is 16.2. The Morgan fingerprint density at radius 1 is 1.29 bits per heavy atom. The van der Waals surface area contributed by atoms with Crippen LogP contribution in [0.15, 0.2) is 18.2 Å². The highest BCUT2D eigenvalue weighted by atomic mass is 16.5. The summed E-state index contributed by atoms with van der Waals surface area (Å²) >= 11 is 0. The van der Waals surface area contributed by atoms with Crippen molar-refractivity contribution in [3.05, 3.63) is 29.3 Å². The first-order valence-corrected chi connectivity index (χ1v) is 6.94. The van der Waals surface area contributed by atoms with Crippen LogP contribution in [0.4, 0.5) is 0 Å². The largest absolute Gasteiger partial charge is 0.483 e. The number of likely N-dealkylation sites (N-methyl/N-ethyl adjacent to an activating group) is 1. The van der Waals surface area contributed by atoms with E-state index in [2.05, 4.69) is 0 Å². The van der Waals surface area contributed by atoms with Crippen LogP contribution in [0.2, 0.25) is 0 Å². The van der Waals surface area contributed by atoms with Crippen LogP contribution in [0.3, 0.4) is 0 Å². The smallest absolute Gasteiger partial charge is 0.329 e. The van der Waals surface area contributed by atoms with Gasteiger partial charge in [0.15, 0.2) is 6.61 Å². The summed E-state index contributed by atoms with van der Waals surface area (Å²) in [7, 11) is 0. The van der Waals surface area contributed by atoms with E-state index in [0.29, 0.717) is 12.3 Å². The van der Waals surface area contributed by atoms with Crippen LogP contribution in [0.25, 0.3) is 0 Å². The SMILES string of the molecule is CCN(C(=O)COc1cccc(C)c1C)C(C)(C)C(=O)O. The number of aryl methyl sites for hydroxylation is 1. The van der Waals surface area contributed by atoms with Crippen LogP contribution in [0.1, 0.15) is 31.9 Å². The van der Waals surface area contributed by atoms with Crippen molar-refractivity contribution in [2.24, 2.45) is 0 Å². The van der Waals surface area contributed by atoms with Crippen molar-refractivity contribution < 1.29 is 19.4 Å². The minimum absolute atomic E-state index is 0.172. The molecule has 0 fully saturated rings. The average molecular weight is 293 g/mol. The monoisotopic (exact) mass is 293 g/mol. The minimum Gasteiger partial charge on any atom is -0.483 e. The number of aliphatic carboxylic acids is 1. The number of hydrogen-bond donors (Lipinski definition) is 1. The number of carboxylic acid groups (broad SMARTS) is 1. The molecule has 0 aliphatic carbocycles. The van der Waals surface area contributed by atoms with E-state index in [1.165, 1.54) is 18.7 Å². The minimum atomic E-state index is -1.25. The van der Waals surface area contributed by atoms with Gasteiger partial charge in [-0.15, -0.1) is 0 Å². The number of amides is 1. The van der Waals surface area contributed by atoms with Gasteiger partial charge in [0.2, 0.25) is 0 Å². The highest BCUT2D eigenvalue weighted by Crippen LogP contribution is 2.21. The Balaban J connectivity index is 2.81. The topological polar surface area (TPSA) is 66.8 Å². The van der Waals surface area contributed by atoms with Crippen molar-refractivity contribution in [1.29, 1.82) is 0 Å². The van der Waals surface area contributed by atoms with Crippen molar-refractivity contribution in [2.75, 3.05) is 13.2 Å². The van der Waals surface area contributed by atoms with E-state index in [4.69, 9.17) is 4.74 Å². The number of carbonyl (C=O) groups excluding carboxylic acids is 1. The molecule has 1 aromatic rings. The lowest BCUT2D eigenvalue weighted by Gasteiger charge is -2.34. The Kier molecular flexibility index (Phi) is 5.35. The summed E-state index contributed by atoms with van der Waals surface area (Å²) in [4.78, 5) is 24.8. The van der Waals surface area contributed by atoms with Gasteiger partial charge in [0.25, 0.3) is 5.91 Å². The van der Waals surface area contributed by atoms with Crippen LogP contribution >= 0.6 is 0 Å². The van der Waals surface area contributed by atoms with E-state index in [0.717, 1.165) is 11.1 Å². The standard InChI is InChI=1S/C16H23NO4/c1-6-17(16(4,5)15(19)20)14(18)10-21-13-9-7-8-11(2)12(13)3/h7-9H,6,10H2,1-5H3,(H,19,20). The molecule has 1 rings (SSSR count). The molecule has 116 valence electrons. The molecule has 5 nitrogen and oxygen atoms in total. The molecule has 0 atom stereocenters. The van der Waals surface area contributed by atoms with Gasteiger partial charge in [-0.05, 0) is 51.8 Å². The molecule has 1 amide bonds. The molecule has 0 heterocycles. The molecule has 0 aliphatic rings. The van der Waals surface area contributed by atoms with Gasteiger partial charge in [-0.2, -0.15) is 0 Å². The number of hydrogen-bond acceptors (Lipinski definition) is 3. The van der Waals surface area contributed by atoms with Crippen molar-refractivity contribution in [3.63, 3.8) is 0 Å². The predicted octanol–water partition coefficient (Wildman–Crippen LogP) is 2.39. The molecular formula is C16H23NO4. The van der Waals surface area contributed by atoms with Gasteiger partial charge in [0, 0.05) is 6.54 Å². The number of carbonyl (C=O) groups is 2. The maximum atomic E-state index is 12.2. The van der Waals surface area contributed by atoms with E-state index in [9.17, 15) is 14.7 Å². The van der Waals surface area contributed by atoms with Crippen molar-refractivity contribution >= 4 is 11.9 Å². The number of ether oxygens (including phenoxy) is 1. The Morgan fingerprint density at radius 2 is 1.90 bits per heavy atom. The fourth-order valence-electron chi connectivity index (χ4n) is 2.10. The predicted molar refractivity (Wildman–Crippen MR) is 80.5 cm³/mol. The third-order valence-corrected chi connectivity index (χ3v) is 3.72. The van der Waals surface area contributed by atoms with Crippen molar-refractivity contribution in [3.8, 4) is 5.75 Å². The maximum absolute atomic E-state index is 12.2. The number of benzene rings is 1. The number of nitrogens with zero attached hydrogens (tertiary/aromatic N) is 1. The van der Waals surface area contributed by atoms with Crippen molar-refractivity contribution in [1.82, 2.24) is 4.90 Å². The molecule has 5 heteroatoms. The summed E-state index contributed by atoms with van der Waals surface area (Å²) in [5, 5.41) is 9.22. The van der Waals surface area contributed by atoms with Gasteiger partial charge in [0.05, 0.1) is 0 Å². The van der Waals surface area contributed by atoms with Gasteiger partial charge in [0.1, 0.15) is 11.3 Å². The fourth-order valence-corrected chi connectivity index (χ4v) is 2.10. The van der Waals surface area contributed by atoms with E-state index in [-0.39, 0.29) is 12.5 Å². The molecule has 0 aliphatic heterocycles. The molecule has 0 aromatic heterocycles. The van der Waals surface area contributed by atoms with E-state index < -0.39 is 11.5 Å². The Morgan fingerprint density at radius 3 is 2.43 bits per heavy atom. The third-order valence-electron chi connectivity index (χ3n) is 3.72. The third kappa shape index (κ3) is 3.74. The highest BCUT2D eigenvalue weighted by molar-refractivity contribution is 5.87. The van der Waals surface area contributed by atoms with E-state index in [1.54, 1.807) is 13.0 Å². The lowest BCUT2D eigenvalue weighted by molar-refractivity contribution is -0.157. The number of carboxylic acids is 1. The second-order valence-electron chi connectivity index (χ2n) is 5.49. The Bertz CT molecular complexity index is 537. The second kappa shape index (κ2) is 6.61. The Labute approximate surface area is 125 Å². The summed E-state index contributed by atoms with van der Waals surface area (Å²) < 4.78 is 5.55. The van der Waals surface area contributed by atoms with Crippen molar-refractivity contribution in [2.45, 2.75) is 40.2 Å². The maximum Gasteiger partial charge on any atom is 0.329 e. The molecule has 21 heavy (non-hydrogen) atoms. The summed E-state index contributed by atoms with van der Waals surface area (Å²) in [5.41, 5.74) is 0.806. The van der Waals surface area contributed by atoms with Crippen LogP contribution in [0, 0.1) is 13.8 Å². The van der Waals surface area contributed by atoms with Crippen LogP contribution in [-0.4, -0.2) is 40.6 Å². The molecule has 1 N–H and O–H groups in total. The molecule has 0 saturated carbocycles. The first-order chi connectivity index (χ1) is 9.71. The first-order valence-electron chi connectivity index (χ1n) is 6.94. The van der Waals surface area contributed by atoms with Gasteiger partial charge >= 0.3 is 5.97 Å². The summed E-state index contributed by atoms with van der Waals surface area (Å²) in [5.74, 6) is -0.734. The molecule has 0 unspecified atom stereocenters. The molecule has 0 bridgehead atoms. The van der Waals surface area contributed by atoms with Crippen LogP contribution in [0.5, 0.6) is 5.75 Å². The second-order valence-corrected chi connectivity index (χ2v) is 5.49. The zero-order valence-electron chi connectivity index (χ0n) is 13.3. The quantitative estimate of drug-likeness (QED) is 0.874. The summed E-state index contributed by atoms with van der Waals surface area (Å²) in [6.45, 7) is 8.80.